The first-order valence-electron chi connectivity index (χ1n) is 11.3. The van der Waals surface area contributed by atoms with Crippen LogP contribution < -0.4 is 18.9 Å². The zero-order valence-corrected chi connectivity index (χ0v) is 19.2. The van der Waals surface area contributed by atoms with E-state index in [9.17, 15) is 8.42 Å². The maximum atomic E-state index is 12.8. The number of para-hydroxylation sites is 1. The number of nitrogens with zero attached hydrogens (tertiary/aromatic N) is 1. The van der Waals surface area contributed by atoms with Gasteiger partial charge in [-0.05, 0) is 53.9 Å². The summed E-state index contributed by atoms with van der Waals surface area (Å²) in [5.74, 6) is 2.37. The Morgan fingerprint density at radius 3 is 2.76 bits per heavy atom. The molecule has 3 aromatic carbocycles. The molecular weight excluding hydrogens is 440 g/mol. The molecule has 33 heavy (non-hydrogen) atoms. The van der Waals surface area contributed by atoms with Gasteiger partial charge in [0.25, 0.3) is 0 Å². The minimum atomic E-state index is -3.54. The summed E-state index contributed by atoms with van der Waals surface area (Å²) in [6.45, 7) is 4.60. The van der Waals surface area contributed by atoms with Crippen LogP contribution in [0, 0.1) is 5.92 Å². The second-order valence-corrected chi connectivity index (χ2v) is 10.2. The van der Waals surface area contributed by atoms with Gasteiger partial charge in [0.05, 0.1) is 4.90 Å². The molecule has 1 fully saturated rings. The van der Waals surface area contributed by atoms with E-state index < -0.39 is 10.0 Å². The van der Waals surface area contributed by atoms with Crippen molar-refractivity contribution < 1.29 is 22.6 Å². The van der Waals surface area contributed by atoms with Crippen molar-refractivity contribution in [2.45, 2.75) is 11.3 Å². The van der Waals surface area contributed by atoms with Crippen LogP contribution in [-0.2, 0) is 10.0 Å². The third-order valence-corrected chi connectivity index (χ3v) is 7.58. The highest BCUT2D eigenvalue weighted by molar-refractivity contribution is 7.89. The molecule has 1 saturated heterocycles. The third kappa shape index (κ3) is 5.08. The van der Waals surface area contributed by atoms with Gasteiger partial charge < -0.3 is 14.2 Å². The summed E-state index contributed by atoms with van der Waals surface area (Å²) in [6, 6.07) is 18.7. The number of ether oxygens (including phenoxy) is 3. The van der Waals surface area contributed by atoms with Crippen molar-refractivity contribution in [3.63, 3.8) is 0 Å². The fourth-order valence-corrected chi connectivity index (χ4v) is 5.52. The highest BCUT2D eigenvalue weighted by atomic mass is 32.2. The van der Waals surface area contributed by atoms with E-state index in [1.54, 1.807) is 12.1 Å². The lowest BCUT2D eigenvalue weighted by atomic mass is 10.1. The first-order valence-corrected chi connectivity index (χ1v) is 12.8. The first-order chi connectivity index (χ1) is 16.1. The van der Waals surface area contributed by atoms with Crippen molar-refractivity contribution in [3.05, 3.63) is 60.7 Å². The summed E-state index contributed by atoms with van der Waals surface area (Å²) in [4.78, 5) is 2.61. The van der Waals surface area contributed by atoms with E-state index in [1.807, 2.05) is 48.5 Å². The Hall–Kier alpha value is -2.81. The predicted octanol–water partition coefficient (Wildman–Crippen LogP) is 3.29. The monoisotopic (exact) mass is 468 g/mol. The summed E-state index contributed by atoms with van der Waals surface area (Å²) < 4.78 is 45.6. The summed E-state index contributed by atoms with van der Waals surface area (Å²) in [5, 5.41) is 1.95. The van der Waals surface area contributed by atoms with Crippen LogP contribution >= 0.6 is 0 Å². The zero-order chi connectivity index (χ0) is 22.7. The third-order valence-electron chi connectivity index (χ3n) is 6.16. The molecule has 8 heteroatoms. The molecule has 0 bridgehead atoms. The van der Waals surface area contributed by atoms with Gasteiger partial charge in [-0.2, -0.15) is 0 Å². The van der Waals surface area contributed by atoms with Crippen LogP contribution in [0.1, 0.15) is 6.42 Å². The van der Waals surface area contributed by atoms with E-state index in [0.717, 1.165) is 42.6 Å². The minimum Gasteiger partial charge on any atom is -0.488 e. The molecule has 2 aliphatic rings. The van der Waals surface area contributed by atoms with Gasteiger partial charge in [-0.1, -0.05) is 36.4 Å². The Kier molecular flexibility index (Phi) is 6.39. The molecule has 174 valence electrons. The maximum absolute atomic E-state index is 12.8. The zero-order valence-electron chi connectivity index (χ0n) is 18.4. The van der Waals surface area contributed by atoms with Crippen LogP contribution in [-0.4, -0.2) is 59.3 Å². The standard InChI is InChI=1S/C25H28N2O5S/c28-33(29,22-9-8-20-4-1-2-5-21(20)16-22)26-17-19-10-11-27(18-19)12-13-30-23-6-3-7-24-25(23)32-15-14-31-24/h1-9,16,19,26H,10-15,17-18H2. The molecule has 2 aliphatic heterocycles. The van der Waals surface area contributed by atoms with Crippen molar-refractivity contribution in [2.75, 3.05) is 46.0 Å². The molecule has 0 aliphatic carbocycles. The Balaban J connectivity index is 1.10. The molecular formula is C25H28N2O5S. The maximum Gasteiger partial charge on any atom is 0.240 e. The Morgan fingerprint density at radius 2 is 1.85 bits per heavy atom. The Labute approximate surface area is 194 Å². The average molecular weight is 469 g/mol. The van der Waals surface area contributed by atoms with Crippen molar-refractivity contribution in [1.82, 2.24) is 9.62 Å². The molecule has 1 N–H and O–H groups in total. The molecule has 3 aromatic rings. The number of hydrogen-bond donors (Lipinski definition) is 1. The molecule has 2 heterocycles. The van der Waals surface area contributed by atoms with E-state index in [0.29, 0.717) is 42.8 Å². The van der Waals surface area contributed by atoms with E-state index in [2.05, 4.69) is 9.62 Å². The number of benzene rings is 3. The van der Waals surface area contributed by atoms with E-state index in [1.165, 1.54) is 0 Å². The smallest absolute Gasteiger partial charge is 0.240 e. The SMILES string of the molecule is O=S(=O)(NCC1CCN(CCOc2cccc3c2OCCO3)C1)c1ccc2ccccc2c1. The fraction of sp³-hybridized carbons (Fsp3) is 0.360. The van der Waals surface area contributed by atoms with Crippen LogP contribution in [0.4, 0.5) is 0 Å². The molecule has 7 nitrogen and oxygen atoms in total. The van der Waals surface area contributed by atoms with Crippen molar-refractivity contribution in [1.29, 1.82) is 0 Å². The number of nitrogens with one attached hydrogen (secondary N) is 1. The lowest BCUT2D eigenvalue weighted by Crippen LogP contribution is -2.32. The topological polar surface area (TPSA) is 77.1 Å². The molecule has 0 aromatic heterocycles. The Morgan fingerprint density at radius 1 is 1.00 bits per heavy atom. The van der Waals surface area contributed by atoms with Crippen LogP contribution in [0.15, 0.2) is 65.6 Å². The van der Waals surface area contributed by atoms with Gasteiger partial charge in [-0.25, -0.2) is 13.1 Å². The number of fused-ring (bicyclic) bond motifs is 2. The van der Waals surface area contributed by atoms with Crippen LogP contribution in [0.5, 0.6) is 17.2 Å². The molecule has 0 spiro atoms. The van der Waals surface area contributed by atoms with E-state index in [4.69, 9.17) is 14.2 Å². The Bertz CT molecular complexity index is 1230. The molecule has 0 radical (unpaired) electrons. The van der Waals surface area contributed by atoms with Crippen molar-refractivity contribution in [2.24, 2.45) is 5.92 Å². The van der Waals surface area contributed by atoms with Gasteiger partial charge in [-0.15, -0.1) is 0 Å². The highest BCUT2D eigenvalue weighted by Crippen LogP contribution is 2.38. The molecule has 0 amide bonds. The summed E-state index contributed by atoms with van der Waals surface area (Å²) in [6.07, 6.45) is 0.956. The predicted molar refractivity (Wildman–Crippen MR) is 127 cm³/mol. The van der Waals surface area contributed by atoms with Gasteiger partial charge in [0.15, 0.2) is 11.5 Å². The highest BCUT2D eigenvalue weighted by Gasteiger charge is 2.25. The quantitative estimate of drug-likeness (QED) is 0.547. The summed E-state index contributed by atoms with van der Waals surface area (Å²) >= 11 is 0. The number of likely N-dealkylation sites (tertiary alicyclic amines) is 1. The second-order valence-electron chi connectivity index (χ2n) is 8.44. The van der Waals surface area contributed by atoms with Crippen LogP contribution in [0.3, 0.4) is 0 Å². The van der Waals surface area contributed by atoms with Gasteiger partial charge in [0.2, 0.25) is 15.8 Å². The number of hydrogen-bond acceptors (Lipinski definition) is 6. The van der Waals surface area contributed by atoms with Gasteiger partial charge >= 0.3 is 0 Å². The first kappa shape index (κ1) is 22.0. The number of sulfonamides is 1. The average Bonchev–Trinajstić information content (AvgIpc) is 3.30. The van der Waals surface area contributed by atoms with Crippen molar-refractivity contribution in [3.8, 4) is 17.2 Å². The van der Waals surface area contributed by atoms with Crippen LogP contribution in [0.2, 0.25) is 0 Å². The van der Waals surface area contributed by atoms with E-state index in [-0.39, 0.29) is 5.92 Å². The lowest BCUT2D eigenvalue weighted by Gasteiger charge is -2.22. The second kappa shape index (κ2) is 9.59. The molecule has 0 saturated carbocycles. The summed E-state index contributed by atoms with van der Waals surface area (Å²) in [5.41, 5.74) is 0. The normalized spacial score (nSPS) is 18.5. The number of rotatable bonds is 8. The molecule has 5 rings (SSSR count). The summed E-state index contributed by atoms with van der Waals surface area (Å²) in [7, 11) is -3.54. The molecule has 1 atom stereocenters. The van der Waals surface area contributed by atoms with Gasteiger partial charge in [0.1, 0.15) is 19.8 Å². The lowest BCUT2D eigenvalue weighted by molar-refractivity contribution is 0.158. The van der Waals surface area contributed by atoms with Crippen LogP contribution in [0.25, 0.3) is 10.8 Å². The van der Waals surface area contributed by atoms with Gasteiger partial charge in [-0.3, -0.25) is 4.90 Å². The van der Waals surface area contributed by atoms with Gasteiger partial charge in [0, 0.05) is 19.6 Å². The van der Waals surface area contributed by atoms with E-state index >= 15 is 0 Å². The largest absolute Gasteiger partial charge is 0.488 e. The molecule has 1 unspecified atom stereocenters. The minimum absolute atomic E-state index is 0.279. The van der Waals surface area contributed by atoms with Crippen molar-refractivity contribution >= 4 is 20.8 Å². The fourth-order valence-electron chi connectivity index (χ4n) is 4.37.